The molecule has 3 heterocycles. The van der Waals surface area contributed by atoms with Crippen molar-refractivity contribution < 1.29 is 4.79 Å². The summed E-state index contributed by atoms with van der Waals surface area (Å²) in [6, 6.07) is 2.59. The van der Waals surface area contributed by atoms with Crippen molar-refractivity contribution in [2.75, 3.05) is 26.2 Å². The highest BCUT2D eigenvalue weighted by Gasteiger charge is 2.30. The molecule has 0 spiro atoms. The summed E-state index contributed by atoms with van der Waals surface area (Å²) in [5, 5.41) is 4.21. The molecule has 1 amide bonds. The Kier molecular flexibility index (Phi) is 4.05. The SMILES string of the molecule is Cn1nccc1CCN1CCC(N2CCCC2=O)CC1. The van der Waals surface area contributed by atoms with E-state index in [2.05, 4.69) is 21.0 Å². The fourth-order valence-electron chi connectivity index (χ4n) is 3.43. The van der Waals surface area contributed by atoms with Crippen molar-refractivity contribution in [1.82, 2.24) is 19.6 Å². The lowest BCUT2D eigenvalue weighted by atomic mass is 10.0. The van der Waals surface area contributed by atoms with E-state index < -0.39 is 0 Å². The first-order chi connectivity index (χ1) is 9.74. The Hall–Kier alpha value is -1.36. The molecule has 1 aromatic rings. The van der Waals surface area contributed by atoms with E-state index in [1.807, 2.05) is 17.9 Å². The molecular formula is C15H24N4O. The molecule has 2 aliphatic rings. The summed E-state index contributed by atoms with van der Waals surface area (Å²) in [7, 11) is 2.00. The third-order valence-corrected chi connectivity index (χ3v) is 4.71. The Bertz CT molecular complexity index is 462. The molecule has 0 unspecified atom stereocenters. The fraction of sp³-hybridized carbons (Fsp3) is 0.733. The topological polar surface area (TPSA) is 41.4 Å². The van der Waals surface area contributed by atoms with Crippen LogP contribution in [0, 0.1) is 0 Å². The van der Waals surface area contributed by atoms with Gasteiger partial charge in [0.25, 0.3) is 0 Å². The van der Waals surface area contributed by atoms with Gasteiger partial charge in [-0.1, -0.05) is 0 Å². The van der Waals surface area contributed by atoms with Gasteiger partial charge in [0.15, 0.2) is 0 Å². The Morgan fingerprint density at radius 2 is 2.10 bits per heavy atom. The molecule has 5 nitrogen and oxygen atoms in total. The van der Waals surface area contributed by atoms with Gasteiger partial charge in [0.1, 0.15) is 0 Å². The number of carbonyl (C=O) groups excluding carboxylic acids is 1. The van der Waals surface area contributed by atoms with E-state index in [4.69, 9.17) is 0 Å². The maximum absolute atomic E-state index is 11.8. The van der Waals surface area contributed by atoms with Crippen LogP contribution in [-0.4, -0.2) is 57.7 Å². The number of hydrogen-bond donors (Lipinski definition) is 0. The number of rotatable bonds is 4. The summed E-state index contributed by atoms with van der Waals surface area (Å²) in [5.74, 6) is 0.373. The summed E-state index contributed by atoms with van der Waals surface area (Å²) in [5.41, 5.74) is 1.29. The minimum Gasteiger partial charge on any atom is -0.340 e. The maximum Gasteiger partial charge on any atom is 0.222 e. The molecule has 0 aromatic carbocycles. The van der Waals surface area contributed by atoms with Gasteiger partial charge in [0, 0.05) is 64.0 Å². The highest BCUT2D eigenvalue weighted by molar-refractivity contribution is 5.78. The predicted octanol–water partition coefficient (Wildman–Crippen LogP) is 1.05. The van der Waals surface area contributed by atoms with Crippen LogP contribution in [0.25, 0.3) is 0 Å². The maximum atomic E-state index is 11.8. The first-order valence-corrected chi connectivity index (χ1v) is 7.73. The van der Waals surface area contributed by atoms with E-state index in [0.717, 1.165) is 58.3 Å². The number of carbonyl (C=O) groups is 1. The van der Waals surface area contributed by atoms with Gasteiger partial charge in [-0.05, 0) is 25.3 Å². The van der Waals surface area contributed by atoms with Crippen molar-refractivity contribution in [1.29, 1.82) is 0 Å². The molecule has 3 rings (SSSR count). The van der Waals surface area contributed by atoms with E-state index in [1.165, 1.54) is 5.69 Å². The molecule has 2 aliphatic heterocycles. The van der Waals surface area contributed by atoms with Crippen molar-refractivity contribution >= 4 is 5.91 Å². The van der Waals surface area contributed by atoms with Gasteiger partial charge < -0.3 is 9.80 Å². The summed E-state index contributed by atoms with van der Waals surface area (Å²) in [6.07, 6.45) is 7.01. The second-order valence-corrected chi connectivity index (χ2v) is 5.96. The number of piperidine rings is 1. The lowest BCUT2D eigenvalue weighted by molar-refractivity contribution is -0.130. The molecule has 5 heteroatoms. The smallest absolute Gasteiger partial charge is 0.222 e. The first kappa shape index (κ1) is 13.6. The highest BCUT2D eigenvalue weighted by atomic mass is 16.2. The summed E-state index contributed by atoms with van der Waals surface area (Å²) < 4.78 is 1.95. The lowest BCUT2D eigenvalue weighted by Crippen LogP contribution is -2.45. The Morgan fingerprint density at radius 1 is 1.30 bits per heavy atom. The van der Waals surface area contributed by atoms with Gasteiger partial charge in [-0.25, -0.2) is 0 Å². The van der Waals surface area contributed by atoms with Crippen LogP contribution in [0.2, 0.25) is 0 Å². The zero-order valence-corrected chi connectivity index (χ0v) is 12.3. The van der Waals surface area contributed by atoms with Gasteiger partial charge in [0.05, 0.1) is 0 Å². The van der Waals surface area contributed by atoms with Crippen LogP contribution in [0.15, 0.2) is 12.3 Å². The quantitative estimate of drug-likeness (QED) is 0.825. The molecule has 0 atom stereocenters. The first-order valence-electron chi connectivity index (χ1n) is 7.73. The van der Waals surface area contributed by atoms with Crippen LogP contribution in [0.3, 0.4) is 0 Å². The molecule has 2 saturated heterocycles. The lowest BCUT2D eigenvalue weighted by Gasteiger charge is -2.36. The number of nitrogens with zero attached hydrogens (tertiary/aromatic N) is 4. The Balaban J connectivity index is 1.44. The summed E-state index contributed by atoms with van der Waals surface area (Å²) in [4.78, 5) is 16.4. The molecule has 0 N–H and O–H groups in total. The van der Waals surface area contributed by atoms with Gasteiger partial charge in [-0.3, -0.25) is 9.48 Å². The van der Waals surface area contributed by atoms with E-state index in [1.54, 1.807) is 0 Å². The molecule has 0 aliphatic carbocycles. The van der Waals surface area contributed by atoms with Crippen LogP contribution in [-0.2, 0) is 18.3 Å². The predicted molar refractivity (Wildman–Crippen MR) is 77.3 cm³/mol. The molecule has 110 valence electrons. The number of aryl methyl sites for hydroxylation is 1. The van der Waals surface area contributed by atoms with E-state index in [0.29, 0.717) is 11.9 Å². The van der Waals surface area contributed by atoms with Crippen LogP contribution in [0.4, 0.5) is 0 Å². The third kappa shape index (κ3) is 2.87. The minimum absolute atomic E-state index is 0.373. The van der Waals surface area contributed by atoms with E-state index in [9.17, 15) is 4.79 Å². The van der Waals surface area contributed by atoms with Crippen LogP contribution in [0.1, 0.15) is 31.4 Å². The average molecular weight is 276 g/mol. The second-order valence-electron chi connectivity index (χ2n) is 5.96. The Morgan fingerprint density at radius 3 is 2.70 bits per heavy atom. The number of hydrogen-bond acceptors (Lipinski definition) is 3. The largest absolute Gasteiger partial charge is 0.340 e. The van der Waals surface area contributed by atoms with Crippen molar-refractivity contribution in [3.8, 4) is 0 Å². The number of likely N-dealkylation sites (tertiary alicyclic amines) is 2. The van der Waals surface area contributed by atoms with E-state index in [-0.39, 0.29) is 0 Å². The highest BCUT2D eigenvalue weighted by Crippen LogP contribution is 2.22. The number of amides is 1. The van der Waals surface area contributed by atoms with Gasteiger partial charge in [-0.2, -0.15) is 5.10 Å². The van der Waals surface area contributed by atoms with Crippen molar-refractivity contribution in [2.24, 2.45) is 7.05 Å². The van der Waals surface area contributed by atoms with Crippen LogP contribution < -0.4 is 0 Å². The standard InChI is InChI=1S/C15H24N4O/c1-17-13(4-8-16-17)5-10-18-11-6-14(7-12-18)19-9-2-3-15(19)20/h4,8,14H,2-3,5-7,9-12H2,1H3. The fourth-order valence-corrected chi connectivity index (χ4v) is 3.43. The molecule has 1 aromatic heterocycles. The zero-order chi connectivity index (χ0) is 13.9. The van der Waals surface area contributed by atoms with Crippen molar-refractivity contribution in [3.05, 3.63) is 18.0 Å². The van der Waals surface area contributed by atoms with Gasteiger partial charge in [0.2, 0.25) is 5.91 Å². The van der Waals surface area contributed by atoms with Crippen molar-refractivity contribution in [3.63, 3.8) is 0 Å². The van der Waals surface area contributed by atoms with Crippen LogP contribution >= 0.6 is 0 Å². The Labute approximate surface area is 120 Å². The van der Waals surface area contributed by atoms with Crippen LogP contribution in [0.5, 0.6) is 0 Å². The average Bonchev–Trinajstić information content (AvgIpc) is 3.06. The van der Waals surface area contributed by atoms with E-state index >= 15 is 0 Å². The third-order valence-electron chi connectivity index (χ3n) is 4.71. The molecule has 2 fully saturated rings. The summed E-state index contributed by atoms with van der Waals surface area (Å²) >= 11 is 0. The van der Waals surface area contributed by atoms with Gasteiger partial charge in [-0.15, -0.1) is 0 Å². The zero-order valence-electron chi connectivity index (χ0n) is 12.3. The second kappa shape index (κ2) is 5.95. The van der Waals surface area contributed by atoms with Crippen molar-refractivity contribution in [2.45, 2.75) is 38.1 Å². The molecule has 0 saturated carbocycles. The monoisotopic (exact) mass is 276 g/mol. The minimum atomic E-state index is 0.373. The molecular weight excluding hydrogens is 252 g/mol. The molecule has 0 bridgehead atoms. The van der Waals surface area contributed by atoms with Gasteiger partial charge >= 0.3 is 0 Å². The normalized spacial score (nSPS) is 21.9. The molecule has 20 heavy (non-hydrogen) atoms. The molecule has 0 radical (unpaired) electrons. The summed E-state index contributed by atoms with van der Waals surface area (Å²) in [6.45, 7) is 4.32. The number of aromatic nitrogens is 2.